The Morgan fingerprint density at radius 1 is 0.903 bits per heavy atom. The summed E-state index contributed by atoms with van der Waals surface area (Å²) in [6, 6.07) is 24.6. The van der Waals surface area contributed by atoms with Crippen LogP contribution in [0.3, 0.4) is 0 Å². The van der Waals surface area contributed by atoms with Gasteiger partial charge in [0.25, 0.3) is 11.2 Å². The van der Waals surface area contributed by atoms with E-state index in [4.69, 9.17) is 0 Å². The fourth-order valence-electron chi connectivity index (χ4n) is 3.42. The van der Waals surface area contributed by atoms with Crippen LogP contribution in [-0.2, 0) is 0 Å². The van der Waals surface area contributed by atoms with E-state index in [1.54, 1.807) is 29.7 Å². The van der Waals surface area contributed by atoms with Crippen LogP contribution in [-0.4, -0.2) is 14.6 Å². The second kappa shape index (κ2) is 8.49. The zero-order valence-electron chi connectivity index (χ0n) is 16.6. The molecule has 0 amide bonds. The lowest BCUT2D eigenvalue weighted by atomic mass is 10.0. The Hall–Kier alpha value is -3.84. The van der Waals surface area contributed by atoms with Crippen molar-refractivity contribution in [3.05, 3.63) is 111 Å². The number of rotatable bonds is 5. The monoisotopic (exact) mass is 430 g/mol. The van der Waals surface area contributed by atoms with Crippen LogP contribution in [0.5, 0.6) is 5.75 Å². The highest BCUT2D eigenvalue weighted by atomic mass is 32.2. The number of aromatic hydroxyl groups is 1. The first kappa shape index (κ1) is 20.4. The molecular formula is C24H18N2O4S. The second-order valence-electron chi connectivity index (χ2n) is 6.82. The molecule has 4 rings (SSSR count). The van der Waals surface area contributed by atoms with Gasteiger partial charge >= 0.3 is 0 Å². The van der Waals surface area contributed by atoms with Crippen molar-refractivity contribution >= 4 is 17.4 Å². The smallest absolute Gasteiger partial charge is 0.283 e. The molecule has 0 atom stereocenters. The van der Waals surface area contributed by atoms with E-state index in [-0.39, 0.29) is 21.2 Å². The molecule has 0 bridgehead atoms. The van der Waals surface area contributed by atoms with Gasteiger partial charge in [-0.3, -0.25) is 19.5 Å². The van der Waals surface area contributed by atoms with Crippen LogP contribution >= 0.6 is 11.8 Å². The number of nitro groups is 1. The predicted molar refractivity (Wildman–Crippen MR) is 121 cm³/mol. The molecule has 6 nitrogen and oxygen atoms in total. The quantitative estimate of drug-likeness (QED) is 0.330. The first-order valence-corrected chi connectivity index (χ1v) is 10.3. The number of nitro benzene ring substituents is 1. The second-order valence-corrected chi connectivity index (χ2v) is 7.87. The van der Waals surface area contributed by atoms with Crippen molar-refractivity contribution in [2.45, 2.75) is 16.7 Å². The predicted octanol–water partition coefficient (Wildman–Crippen LogP) is 5.58. The third kappa shape index (κ3) is 3.83. The van der Waals surface area contributed by atoms with Gasteiger partial charge in [0.15, 0.2) is 0 Å². The molecule has 1 aromatic heterocycles. The molecule has 1 heterocycles. The third-order valence-electron chi connectivity index (χ3n) is 4.88. The van der Waals surface area contributed by atoms with Crippen LogP contribution in [0, 0.1) is 17.0 Å². The zero-order chi connectivity index (χ0) is 22.0. The van der Waals surface area contributed by atoms with E-state index in [1.807, 2.05) is 60.7 Å². The van der Waals surface area contributed by atoms with Crippen LogP contribution in [0.25, 0.3) is 16.9 Å². The Bertz CT molecular complexity index is 1320. The molecule has 154 valence electrons. The summed E-state index contributed by atoms with van der Waals surface area (Å²) in [6.07, 6.45) is 0. The van der Waals surface area contributed by atoms with E-state index in [1.165, 1.54) is 6.07 Å². The van der Waals surface area contributed by atoms with E-state index in [2.05, 4.69) is 0 Å². The van der Waals surface area contributed by atoms with Gasteiger partial charge in [0, 0.05) is 17.3 Å². The van der Waals surface area contributed by atoms with Crippen molar-refractivity contribution in [2.24, 2.45) is 0 Å². The van der Waals surface area contributed by atoms with Gasteiger partial charge in [0.1, 0.15) is 10.6 Å². The standard InChI is InChI=1S/C24H18N2O4S/c1-16-21(17-10-4-2-5-11-17)25(18-12-6-3-7-13-18)24(28)23(22(16)27)31-20-15-9-8-14-19(20)26(29)30/h2-15,27H,1H3. The van der Waals surface area contributed by atoms with Crippen LogP contribution < -0.4 is 5.56 Å². The van der Waals surface area contributed by atoms with Gasteiger partial charge in [-0.15, -0.1) is 0 Å². The minimum absolute atomic E-state index is 0.0373. The van der Waals surface area contributed by atoms with Crippen molar-refractivity contribution in [1.82, 2.24) is 4.57 Å². The minimum Gasteiger partial charge on any atom is -0.506 e. The lowest BCUT2D eigenvalue weighted by Gasteiger charge is -2.19. The Kier molecular flexibility index (Phi) is 5.60. The lowest BCUT2D eigenvalue weighted by molar-refractivity contribution is -0.387. The van der Waals surface area contributed by atoms with E-state index < -0.39 is 10.5 Å². The summed E-state index contributed by atoms with van der Waals surface area (Å²) >= 11 is 0.898. The highest BCUT2D eigenvalue weighted by molar-refractivity contribution is 7.99. The average Bonchev–Trinajstić information content (AvgIpc) is 2.80. The highest BCUT2D eigenvalue weighted by Crippen LogP contribution is 2.41. The number of benzene rings is 3. The third-order valence-corrected chi connectivity index (χ3v) is 6.02. The fourth-order valence-corrected chi connectivity index (χ4v) is 4.46. The van der Waals surface area contributed by atoms with Gasteiger partial charge in [-0.05, 0) is 30.7 Å². The maximum absolute atomic E-state index is 13.6. The van der Waals surface area contributed by atoms with Gasteiger partial charge in [-0.1, -0.05) is 72.4 Å². The number of aromatic nitrogens is 1. The SMILES string of the molecule is Cc1c(O)c(Sc2ccccc2[N+](=O)[O-])c(=O)n(-c2ccccc2)c1-c1ccccc1. The molecule has 3 aromatic carbocycles. The topological polar surface area (TPSA) is 85.4 Å². The van der Waals surface area contributed by atoms with E-state index >= 15 is 0 Å². The molecule has 31 heavy (non-hydrogen) atoms. The Morgan fingerprint density at radius 3 is 2.13 bits per heavy atom. The van der Waals surface area contributed by atoms with Crippen molar-refractivity contribution in [2.75, 3.05) is 0 Å². The summed E-state index contributed by atoms with van der Waals surface area (Å²) < 4.78 is 1.54. The zero-order valence-corrected chi connectivity index (χ0v) is 17.4. The maximum Gasteiger partial charge on any atom is 0.283 e. The van der Waals surface area contributed by atoms with E-state index in [0.717, 1.165) is 17.3 Å². The molecule has 4 aromatic rings. The summed E-state index contributed by atoms with van der Waals surface area (Å²) in [5.74, 6) is -0.181. The molecule has 7 heteroatoms. The summed E-state index contributed by atoms with van der Waals surface area (Å²) in [5, 5.41) is 22.4. The highest BCUT2D eigenvalue weighted by Gasteiger charge is 2.24. The first-order valence-electron chi connectivity index (χ1n) is 9.49. The molecule has 0 unspecified atom stereocenters. The van der Waals surface area contributed by atoms with Crippen LogP contribution in [0.2, 0.25) is 0 Å². The number of para-hydroxylation sites is 2. The molecule has 0 radical (unpaired) electrons. The summed E-state index contributed by atoms with van der Waals surface area (Å²) in [4.78, 5) is 24.9. The van der Waals surface area contributed by atoms with E-state index in [9.17, 15) is 20.0 Å². The van der Waals surface area contributed by atoms with Gasteiger partial charge in [-0.2, -0.15) is 0 Å². The summed E-state index contributed by atoms with van der Waals surface area (Å²) in [6.45, 7) is 1.74. The molecule has 0 spiro atoms. The van der Waals surface area contributed by atoms with Crippen molar-refractivity contribution in [3.63, 3.8) is 0 Å². The minimum atomic E-state index is -0.500. The first-order chi connectivity index (χ1) is 15.0. The van der Waals surface area contributed by atoms with Crippen LogP contribution in [0.15, 0.2) is 99.5 Å². The van der Waals surface area contributed by atoms with Gasteiger partial charge in [0.05, 0.1) is 15.5 Å². The maximum atomic E-state index is 13.6. The van der Waals surface area contributed by atoms with Crippen molar-refractivity contribution < 1.29 is 10.0 Å². The molecule has 1 N–H and O–H groups in total. The molecule has 0 aliphatic carbocycles. The number of pyridine rings is 1. The number of hydrogen-bond donors (Lipinski definition) is 1. The Morgan fingerprint density at radius 2 is 1.48 bits per heavy atom. The summed E-state index contributed by atoms with van der Waals surface area (Å²) in [7, 11) is 0. The fraction of sp³-hybridized carbons (Fsp3) is 0.0417. The van der Waals surface area contributed by atoms with E-state index in [0.29, 0.717) is 16.9 Å². The van der Waals surface area contributed by atoms with Gasteiger partial charge in [0.2, 0.25) is 0 Å². The van der Waals surface area contributed by atoms with Crippen LogP contribution in [0.1, 0.15) is 5.56 Å². The van der Waals surface area contributed by atoms with Crippen molar-refractivity contribution in [1.29, 1.82) is 0 Å². The Labute approximate surface area is 182 Å². The lowest BCUT2D eigenvalue weighted by Crippen LogP contribution is -2.23. The van der Waals surface area contributed by atoms with Crippen LogP contribution in [0.4, 0.5) is 5.69 Å². The number of hydrogen-bond acceptors (Lipinski definition) is 5. The molecule has 0 fully saturated rings. The average molecular weight is 430 g/mol. The van der Waals surface area contributed by atoms with Gasteiger partial charge < -0.3 is 5.11 Å². The molecule has 0 saturated carbocycles. The molecular weight excluding hydrogens is 412 g/mol. The normalized spacial score (nSPS) is 10.7. The Balaban J connectivity index is 2.01. The molecule has 0 saturated heterocycles. The molecule has 0 aliphatic heterocycles. The summed E-state index contributed by atoms with van der Waals surface area (Å²) in [5.41, 5.74) is 1.92. The number of nitrogens with zero attached hydrogens (tertiary/aromatic N) is 2. The van der Waals surface area contributed by atoms with Crippen molar-refractivity contribution in [3.8, 4) is 22.7 Å². The molecule has 0 aliphatic rings. The van der Waals surface area contributed by atoms with Gasteiger partial charge in [-0.25, -0.2) is 0 Å². The largest absolute Gasteiger partial charge is 0.506 e.